The molecule has 5 nitrogen and oxygen atoms in total. The van der Waals surface area contributed by atoms with E-state index in [4.69, 9.17) is 9.26 Å². The van der Waals surface area contributed by atoms with E-state index in [1.54, 1.807) is 0 Å². The Labute approximate surface area is 146 Å². The number of para-hydroxylation sites is 1. The minimum atomic E-state index is -0.322. The Morgan fingerprint density at radius 2 is 2.24 bits per heavy atom. The van der Waals surface area contributed by atoms with E-state index in [2.05, 4.69) is 23.1 Å². The number of nitrogens with zero attached hydrogens (tertiary/aromatic N) is 1. The van der Waals surface area contributed by atoms with Crippen molar-refractivity contribution in [1.82, 2.24) is 10.1 Å². The maximum atomic E-state index is 12.7. The summed E-state index contributed by atoms with van der Waals surface area (Å²) in [4.78, 5) is 16.1. The average molecular weight is 338 g/mol. The highest BCUT2D eigenvalue weighted by molar-refractivity contribution is 6.04. The lowest BCUT2D eigenvalue weighted by molar-refractivity contribution is 0.0473. The molecule has 5 heteroatoms. The Balaban J connectivity index is 1.64. The minimum absolute atomic E-state index is 0.174. The van der Waals surface area contributed by atoms with Gasteiger partial charge in [0, 0.05) is 11.1 Å². The van der Waals surface area contributed by atoms with Crippen LogP contribution in [0.3, 0.4) is 0 Å². The normalized spacial score (nSPS) is 16.8. The highest BCUT2D eigenvalue weighted by atomic mass is 16.5. The molecule has 0 radical (unpaired) electrons. The van der Waals surface area contributed by atoms with Crippen molar-refractivity contribution >= 4 is 16.9 Å². The van der Waals surface area contributed by atoms with Crippen molar-refractivity contribution in [3.8, 4) is 0 Å². The fourth-order valence-corrected chi connectivity index (χ4v) is 3.71. The van der Waals surface area contributed by atoms with Gasteiger partial charge in [0.2, 0.25) is 0 Å². The van der Waals surface area contributed by atoms with Crippen molar-refractivity contribution in [2.24, 2.45) is 5.92 Å². The molecule has 0 saturated heterocycles. The van der Waals surface area contributed by atoms with Crippen LogP contribution in [0.15, 0.2) is 22.7 Å². The molecule has 0 amide bonds. The average Bonchev–Trinajstić information content (AvgIpc) is 3.12. The van der Waals surface area contributed by atoms with E-state index >= 15 is 0 Å². The summed E-state index contributed by atoms with van der Waals surface area (Å²) in [6.45, 7) is 6.13. The van der Waals surface area contributed by atoms with Gasteiger partial charge in [-0.15, -0.1) is 0 Å². The zero-order valence-electron chi connectivity index (χ0n) is 14.8. The van der Waals surface area contributed by atoms with Crippen molar-refractivity contribution in [3.63, 3.8) is 0 Å². The number of hydrogen-bond acceptors (Lipinski definition) is 4. The molecular formula is C20H22N2O3. The number of aromatic amines is 1. The summed E-state index contributed by atoms with van der Waals surface area (Å²) in [5, 5.41) is 5.04. The van der Waals surface area contributed by atoms with E-state index in [1.165, 1.54) is 17.7 Å². The molecule has 130 valence electrons. The first-order chi connectivity index (χ1) is 12.0. The van der Waals surface area contributed by atoms with Crippen LogP contribution in [0.4, 0.5) is 0 Å². The number of H-pyrrole nitrogens is 1. The molecule has 25 heavy (non-hydrogen) atoms. The van der Waals surface area contributed by atoms with Crippen molar-refractivity contribution in [3.05, 3.63) is 52.0 Å². The summed E-state index contributed by atoms with van der Waals surface area (Å²) in [5.41, 5.74) is 5.69. The Morgan fingerprint density at radius 1 is 1.40 bits per heavy atom. The van der Waals surface area contributed by atoms with Gasteiger partial charge in [0.1, 0.15) is 12.4 Å². The molecule has 1 aliphatic rings. The number of hydrogen-bond donors (Lipinski definition) is 1. The van der Waals surface area contributed by atoms with Crippen LogP contribution in [0, 0.1) is 19.8 Å². The number of benzene rings is 1. The van der Waals surface area contributed by atoms with E-state index in [0.29, 0.717) is 17.2 Å². The SMILES string of the molecule is Cc1noc(C)c1COC(=O)c1cccc2c3c([nH]c12)CC[C@H](C)C3. The first-order valence-electron chi connectivity index (χ1n) is 8.76. The van der Waals surface area contributed by atoms with Crippen LogP contribution in [0.1, 0.15) is 52.0 Å². The Hall–Kier alpha value is -2.56. The molecule has 0 spiro atoms. The molecule has 0 aliphatic heterocycles. The molecule has 0 fully saturated rings. The highest BCUT2D eigenvalue weighted by Gasteiger charge is 2.23. The predicted molar refractivity (Wildman–Crippen MR) is 94.6 cm³/mol. The van der Waals surface area contributed by atoms with Crippen LogP contribution in [0.5, 0.6) is 0 Å². The number of carbonyl (C=O) groups excluding carboxylic acids is 1. The number of nitrogens with one attached hydrogen (secondary N) is 1. The fraction of sp³-hybridized carbons (Fsp3) is 0.400. The first-order valence-corrected chi connectivity index (χ1v) is 8.76. The number of carbonyl (C=O) groups is 1. The van der Waals surface area contributed by atoms with E-state index in [1.807, 2.05) is 26.0 Å². The number of rotatable bonds is 3. The summed E-state index contributed by atoms with van der Waals surface area (Å²) in [6, 6.07) is 5.85. The standard InChI is InChI=1S/C20H22N2O3/c1-11-7-8-18-16(9-11)14-5-4-6-15(19(14)21-18)20(23)24-10-17-12(2)22-25-13(17)3/h4-6,11,21H,7-10H2,1-3H3/t11-/m0/s1. The highest BCUT2D eigenvalue weighted by Crippen LogP contribution is 2.33. The summed E-state index contributed by atoms with van der Waals surface area (Å²) in [6.07, 6.45) is 3.29. The summed E-state index contributed by atoms with van der Waals surface area (Å²) in [5.74, 6) is 1.05. The van der Waals surface area contributed by atoms with Gasteiger partial charge in [-0.3, -0.25) is 0 Å². The van der Waals surface area contributed by atoms with Crippen molar-refractivity contribution < 1.29 is 14.1 Å². The lowest BCUT2D eigenvalue weighted by Crippen LogP contribution is -2.09. The van der Waals surface area contributed by atoms with Crippen molar-refractivity contribution in [2.45, 2.75) is 46.6 Å². The molecule has 0 bridgehead atoms. The van der Waals surface area contributed by atoms with Crippen LogP contribution in [0.25, 0.3) is 10.9 Å². The van der Waals surface area contributed by atoms with Gasteiger partial charge in [0.15, 0.2) is 0 Å². The quantitative estimate of drug-likeness (QED) is 0.725. The first kappa shape index (κ1) is 15.9. The van der Waals surface area contributed by atoms with Crippen molar-refractivity contribution in [1.29, 1.82) is 0 Å². The molecule has 1 N–H and O–H groups in total. The molecule has 4 rings (SSSR count). The van der Waals surface area contributed by atoms with Gasteiger partial charge in [-0.2, -0.15) is 0 Å². The zero-order valence-corrected chi connectivity index (χ0v) is 14.8. The molecule has 1 atom stereocenters. The number of fused-ring (bicyclic) bond motifs is 3. The molecule has 3 aromatic rings. The fourth-order valence-electron chi connectivity index (χ4n) is 3.71. The van der Waals surface area contributed by atoms with Gasteiger partial charge in [-0.1, -0.05) is 24.2 Å². The molecule has 2 heterocycles. The smallest absolute Gasteiger partial charge is 0.340 e. The third kappa shape index (κ3) is 2.73. The summed E-state index contributed by atoms with van der Waals surface area (Å²) in [7, 11) is 0. The third-order valence-electron chi connectivity index (χ3n) is 5.22. The van der Waals surface area contributed by atoms with Crippen LogP contribution < -0.4 is 0 Å². The molecule has 1 aliphatic carbocycles. The Bertz CT molecular complexity index is 932. The van der Waals surface area contributed by atoms with Gasteiger partial charge >= 0.3 is 5.97 Å². The maximum Gasteiger partial charge on any atom is 0.340 e. The maximum absolute atomic E-state index is 12.7. The second kappa shape index (κ2) is 6.06. The zero-order chi connectivity index (χ0) is 17.6. The largest absolute Gasteiger partial charge is 0.457 e. The molecule has 2 aromatic heterocycles. The van der Waals surface area contributed by atoms with Crippen LogP contribution in [-0.4, -0.2) is 16.1 Å². The van der Waals surface area contributed by atoms with E-state index < -0.39 is 0 Å². The van der Waals surface area contributed by atoms with Crippen LogP contribution in [-0.2, 0) is 24.2 Å². The molecule has 0 saturated carbocycles. The van der Waals surface area contributed by atoms with E-state index in [9.17, 15) is 4.79 Å². The second-order valence-corrected chi connectivity index (χ2v) is 7.04. The molecule has 1 aromatic carbocycles. The van der Waals surface area contributed by atoms with Crippen LogP contribution in [0.2, 0.25) is 0 Å². The minimum Gasteiger partial charge on any atom is -0.457 e. The Morgan fingerprint density at radius 3 is 3.00 bits per heavy atom. The van der Waals surface area contributed by atoms with Gasteiger partial charge in [0.25, 0.3) is 0 Å². The van der Waals surface area contributed by atoms with Crippen LogP contribution >= 0.6 is 0 Å². The number of aryl methyl sites for hydroxylation is 3. The second-order valence-electron chi connectivity index (χ2n) is 7.04. The third-order valence-corrected chi connectivity index (χ3v) is 5.22. The van der Waals surface area contributed by atoms with E-state index in [-0.39, 0.29) is 12.6 Å². The lowest BCUT2D eigenvalue weighted by Gasteiger charge is -2.17. The Kier molecular flexibility index (Phi) is 3.86. The number of aromatic nitrogens is 2. The van der Waals surface area contributed by atoms with Gasteiger partial charge in [0.05, 0.1) is 22.3 Å². The summed E-state index contributed by atoms with van der Waals surface area (Å²) >= 11 is 0. The molecule has 0 unspecified atom stereocenters. The topological polar surface area (TPSA) is 68.1 Å². The lowest BCUT2D eigenvalue weighted by atomic mass is 9.87. The number of esters is 1. The van der Waals surface area contributed by atoms with E-state index in [0.717, 1.165) is 35.0 Å². The van der Waals surface area contributed by atoms with Gasteiger partial charge in [-0.25, -0.2) is 4.79 Å². The number of ether oxygens (including phenoxy) is 1. The van der Waals surface area contributed by atoms with Gasteiger partial charge < -0.3 is 14.2 Å². The van der Waals surface area contributed by atoms with Gasteiger partial charge in [-0.05, 0) is 50.7 Å². The predicted octanol–water partition coefficient (Wildman–Crippen LogP) is 4.25. The monoisotopic (exact) mass is 338 g/mol. The molecular weight excluding hydrogens is 316 g/mol. The summed E-state index contributed by atoms with van der Waals surface area (Å²) < 4.78 is 10.7. The van der Waals surface area contributed by atoms with Crippen molar-refractivity contribution in [2.75, 3.05) is 0 Å².